The van der Waals surface area contributed by atoms with Crippen LogP contribution in [0.5, 0.6) is 0 Å². The van der Waals surface area contributed by atoms with Gasteiger partial charge in [-0.1, -0.05) is 0 Å². The van der Waals surface area contributed by atoms with Crippen molar-refractivity contribution in [2.75, 3.05) is 59.5 Å². The van der Waals surface area contributed by atoms with Gasteiger partial charge in [0.05, 0.1) is 39.6 Å². The molecular weight excluding hydrogens is 288 g/mol. The Morgan fingerprint density at radius 1 is 0.773 bits per heavy atom. The van der Waals surface area contributed by atoms with Crippen LogP contribution < -0.4 is 0 Å². The van der Waals surface area contributed by atoms with E-state index in [9.17, 15) is 0 Å². The number of ether oxygens (including phenoxy) is 5. The van der Waals surface area contributed by atoms with Crippen molar-refractivity contribution in [3.63, 3.8) is 0 Å². The Labute approximate surface area is 134 Å². The van der Waals surface area contributed by atoms with Gasteiger partial charge < -0.3 is 28.8 Å². The summed E-state index contributed by atoms with van der Waals surface area (Å²) in [5.74, 6) is 0. The molecule has 1 aliphatic heterocycles. The van der Waals surface area contributed by atoms with Gasteiger partial charge in [-0.25, -0.2) is 0 Å². The monoisotopic (exact) mass is 320 g/mol. The number of unbranched alkanes of at least 4 members (excludes halogenated alkanes) is 2. The fourth-order valence-electron chi connectivity index (χ4n) is 2.15. The number of rotatable bonds is 15. The lowest BCUT2D eigenvalue weighted by Gasteiger charge is -2.22. The first-order valence-corrected chi connectivity index (χ1v) is 8.51. The van der Waals surface area contributed by atoms with Crippen molar-refractivity contribution in [2.45, 2.75) is 44.8 Å². The molecule has 1 fully saturated rings. The predicted octanol–water partition coefficient (Wildman–Crippen LogP) is 1.74. The van der Waals surface area contributed by atoms with Gasteiger partial charge in [0.2, 0.25) is 0 Å². The lowest BCUT2D eigenvalue weighted by Crippen LogP contribution is -2.22. The number of aliphatic hydroxyl groups is 1. The Morgan fingerprint density at radius 3 is 2.14 bits per heavy atom. The Kier molecular flexibility index (Phi) is 14.1. The lowest BCUT2D eigenvalue weighted by atomic mass is 10.2. The maximum atomic E-state index is 8.51. The van der Waals surface area contributed by atoms with E-state index >= 15 is 0 Å². The molecule has 1 atom stereocenters. The summed E-state index contributed by atoms with van der Waals surface area (Å²) in [5, 5.41) is 8.51. The van der Waals surface area contributed by atoms with Crippen LogP contribution in [0.15, 0.2) is 0 Å². The van der Waals surface area contributed by atoms with Crippen LogP contribution in [-0.2, 0) is 23.7 Å². The minimum absolute atomic E-state index is 0.0310. The molecule has 1 unspecified atom stereocenters. The Hall–Kier alpha value is -0.240. The number of hydrogen-bond acceptors (Lipinski definition) is 6. The zero-order chi connectivity index (χ0) is 15.7. The van der Waals surface area contributed by atoms with E-state index in [4.69, 9.17) is 28.8 Å². The number of hydrogen-bond donors (Lipinski definition) is 1. The van der Waals surface area contributed by atoms with Crippen molar-refractivity contribution in [1.29, 1.82) is 0 Å². The van der Waals surface area contributed by atoms with E-state index < -0.39 is 0 Å². The third kappa shape index (κ3) is 12.3. The summed E-state index contributed by atoms with van der Waals surface area (Å²) < 4.78 is 27.1. The van der Waals surface area contributed by atoms with Crippen LogP contribution in [0.1, 0.15) is 38.5 Å². The van der Waals surface area contributed by atoms with Crippen molar-refractivity contribution in [2.24, 2.45) is 0 Å². The Balaban J connectivity index is 1.68. The largest absolute Gasteiger partial charge is 0.394 e. The zero-order valence-electron chi connectivity index (χ0n) is 13.7. The van der Waals surface area contributed by atoms with E-state index in [-0.39, 0.29) is 12.9 Å². The van der Waals surface area contributed by atoms with Crippen LogP contribution in [-0.4, -0.2) is 70.9 Å². The summed E-state index contributed by atoms with van der Waals surface area (Å²) in [6.45, 7) is 5.09. The molecule has 0 bridgehead atoms. The molecule has 1 aliphatic rings. The summed E-state index contributed by atoms with van der Waals surface area (Å²) in [6, 6.07) is 0. The van der Waals surface area contributed by atoms with E-state index in [1.165, 1.54) is 6.42 Å². The van der Waals surface area contributed by atoms with Crippen LogP contribution in [0.3, 0.4) is 0 Å². The summed E-state index contributed by atoms with van der Waals surface area (Å²) in [6.07, 6.45) is 6.67. The second-order valence-corrected chi connectivity index (χ2v) is 5.29. The van der Waals surface area contributed by atoms with Gasteiger partial charge >= 0.3 is 0 Å². The summed E-state index contributed by atoms with van der Waals surface area (Å²) in [7, 11) is 0. The summed E-state index contributed by atoms with van der Waals surface area (Å²) in [5.41, 5.74) is 0. The molecule has 6 nitrogen and oxygen atoms in total. The molecule has 132 valence electrons. The molecule has 0 aromatic carbocycles. The van der Waals surface area contributed by atoms with E-state index in [1.54, 1.807) is 0 Å². The minimum Gasteiger partial charge on any atom is -0.394 e. The van der Waals surface area contributed by atoms with Crippen LogP contribution >= 0.6 is 0 Å². The SMILES string of the molecule is OCCOCCOCCOCCCCCOC1CCCCO1. The molecular formula is C16H32O6. The average Bonchev–Trinajstić information content (AvgIpc) is 2.56. The fourth-order valence-corrected chi connectivity index (χ4v) is 2.15. The van der Waals surface area contributed by atoms with E-state index in [1.807, 2.05) is 0 Å². The quantitative estimate of drug-likeness (QED) is 0.464. The topological polar surface area (TPSA) is 66.4 Å². The summed E-state index contributed by atoms with van der Waals surface area (Å²) >= 11 is 0. The molecule has 0 amide bonds. The first-order valence-electron chi connectivity index (χ1n) is 8.51. The van der Waals surface area contributed by atoms with Gasteiger partial charge in [-0.3, -0.25) is 0 Å². The third-order valence-corrected chi connectivity index (χ3v) is 3.35. The van der Waals surface area contributed by atoms with Gasteiger partial charge in [-0.15, -0.1) is 0 Å². The second kappa shape index (κ2) is 15.6. The van der Waals surface area contributed by atoms with Crippen molar-refractivity contribution in [1.82, 2.24) is 0 Å². The van der Waals surface area contributed by atoms with E-state index in [0.717, 1.165) is 51.9 Å². The molecule has 1 heterocycles. The molecule has 0 saturated carbocycles. The van der Waals surface area contributed by atoms with Crippen LogP contribution in [0.4, 0.5) is 0 Å². The van der Waals surface area contributed by atoms with E-state index in [2.05, 4.69) is 0 Å². The first-order chi connectivity index (χ1) is 10.9. The highest BCUT2D eigenvalue weighted by atomic mass is 16.7. The van der Waals surface area contributed by atoms with Crippen molar-refractivity contribution in [3.05, 3.63) is 0 Å². The van der Waals surface area contributed by atoms with E-state index in [0.29, 0.717) is 33.0 Å². The summed E-state index contributed by atoms with van der Waals surface area (Å²) in [4.78, 5) is 0. The molecule has 1 rings (SSSR count). The van der Waals surface area contributed by atoms with Crippen LogP contribution in [0, 0.1) is 0 Å². The minimum atomic E-state index is 0.0310. The molecule has 6 heteroatoms. The maximum absolute atomic E-state index is 8.51. The Morgan fingerprint density at radius 2 is 1.45 bits per heavy atom. The second-order valence-electron chi connectivity index (χ2n) is 5.29. The highest BCUT2D eigenvalue weighted by Gasteiger charge is 2.13. The van der Waals surface area contributed by atoms with Gasteiger partial charge in [0.1, 0.15) is 0 Å². The average molecular weight is 320 g/mol. The van der Waals surface area contributed by atoms with Crippen LogP contribution in [0.25, 0.3) is 0 Å². The molecule has 22 heavy (non-hydrogen) atoms. The highest BCUT2D eigenvalue weighted by Crippen LogP contribution is 2.14. The Bertz CT molecular complexity index is 221. The van der Waals surface area contributed by atoms with Crippen molar-refractivity contribution >= 4 is 0 Å². The molecule has 1 N–H and O–H groups in total. The fraction of sp³-hybridized carbons (Fsp3) is 1.00. The molecule has 0 aromatic rings. The molecule has 0 radical (unpaired) electrons. The molecule has 0 aliphatic carbocycles. The standard InChI is InChI=1S/C16H32O6/c17-7-11-19-13-15-20-14-12-18-8-3-1-4-9-21-16-6-2-5-10-22-16/h16-17H,1-15H2. The van der Waals surface area contributed by atoms with Gasteiger partial charge in [-0.05, 0) is 38.5 Å². The first kappa shape index (κ1) is 19.8. The van der Waals surface area contributed by atoms with Gasteiger partial charge in [-0.2, -0.15) is 0 Å². The maximum Gasteiger partial charge on any atom is 0.157 e. The van der Waals surface area contributed by atoms with Crippen LogP contribution in [0.2, 0.25) is 0 Å². The van der Waals surface area contributed by atoms with Gasteiger partial charge in [0, 0.05) is 19.8 Å². The molecule has 0 spiro atoms. The van der Waals surface area contributed by atoms with Gasteiger partial charge in [0.25, 0.3) is 0 Å². The zero-order valence-corrected chi connectivity index (χ0v) is 13.7. The molecule has 1 saturated heterocycles. The van der Waals surface area contributed by atoms with Gasteiger partial charge in [0.15, 0.2) is 6.29 Å². The highest BCUT2D eigenvalue weighted by molar-refractivity contribution is 4.54. The smallest absolute Gasteiger partial charge is 0.157 e. The lowest BCUT2D eigenvalue weighted by molar-refractivity contribution is -0.162. The van der Waals surface area contributed by atoms with Crippen molar-refractivity contribution < 1.29 is 28.8 Å². The number of aliphatic hydroxyl groups excluding tert-OH is 1. The normalized spacial score (nSPS) is 18.7. The molecule has 0 aromatic heterocycles. The third-order valence-electron chi connectivity index (χ3n) is 3.35. The predicted molar refractivity (Wildman–Crippen MR) is 82.9 cm³/mol. The van der Waals surface area contributed by atoms with Crippen molar-refractivity contribution in [3.8, 4) is 0 Å².